The summed E-state index contributed by atoms with van der Waals surface area (Å²) in [6.07, 6.45) is 3.80. The van der Waals surface area contributed by atoms with E-state index in [1.54, 1.807) is 0 Å². The highest BCUT2D eigenvalue weighted by Gasteiger charge is 2.18. The van der Waals surface area contributed by atoms with E-state index in [2.05, 4.69) is 28.5 Å². The first-order valence-corrected chi connectivity index (χ1v) is 5.52. The zero-order valence-corrected chi connectivity index (χ0v) is 8.97. The lowest BCUT2D eigenvalue weighted by molar-refractivity contribution is 0.0748. The molecule has 3 heteroatoms. The molecule has 0 amide bonds. The number of fused-ring (bicyclic) bond motifs is 1. The van der Waals surface area contributed by atoms with Crippen LogP contribution in [0.3, 0.4) is 0 Å². The van der Waals surface area contributed by atoms with Crippen LogP contribution in [0, 0.1) is 0 Å². The van der Waals surface area contributed by atoms with E-state index in [0.29, 0.717) is 6.61 Å². The molecule has 1 unspecified atom stereocenters. The van der Waals surface area contributed by atoms with Crippen molar-refractivity contribution in [2.45, 2.75) is 6.04 Å². The molecule has 16 heavy (non-hydrogen) atoms. The van der Waals surface area contributed by atoms with Crippen LogP contribution in [0.4, 0.5) is 0 Å². The van der Waals surface area contributed by atoms with Gasteiger partial charge in [0.05, 0.1) is 19.3 Å². The van der Waals surface area contributed by atoms with Crippen molar-refractivity contribution in [1.29, 1.82) is 0 Å². The number of aromatic nitrogens is 1. The number of pyridine rings is 1. The van der Waals surface area contributed by atoms with Gasteiger partial charge in [-0.15, -0.1) is 0 Å². The van der Waals surface area contributed by atoms with Gasteiger partial charge in [0.25, 0.3) is 0 Å². The molecule has 0 bridgehead atoms. The molecule has 1 atom stereocenters. The number of hydrogen-bond acceptors (Lipinski definition) is 2. The highest BCUT2D eigenvalue weighted by molar-refractivity contribution is 5.85. The number of benzene rings is 1. The Kier molecular flexibility index (Phi) is 2.56. The van der Waals surface area contributed by atoms with Crippen molar-refractivity contribution < 1.29 is 4.74 Å². The van der Waals surface area contributed by atoms with Gasteiger partial charge in [-0.1, -0.05) is 24.3 Å². The van der Waals surface area contributed by atoms with E-state index in [4.69, 9.17) is 4.74 Å². The van der Waals surface area contributed by atoms with E-state index >= 15 is 0 Å². The fourth-order valence-corrected chi connectivity index (χ4v) is 2.11. The van der Waals surface area contributed by atoms with E-state index in [9.17, 15) is 0 Å². The summed E-state index contributed by atoms with van der Waals surface area (Å²) in [5.41, 5.74) is 1.18. The fraction of sp³-hybridized carbons (Fsp3) is 0.308. The first-order valence-electron chi connectivity index (χ1n) is 5.52. The third-order valence-electron chi connectivity index (χ3n) is 2.92. The molecule has 0 saturated carbocycles. The number of rotatable bonds is 1. The number of morpholine rings is 1. The molecule has 1 aliphatic rings. The van der Waals surface area contributed by atoms with E-state index in [1.807, 2.05) is 18.5 Å². The zero-order valence-electron chi connectivity index (χ0n) is 8.97. The van der Waals surface area contributed by atoms with Gasteiger partial charge in [0.2, 0.25) is 0 Å². The van der Waals surface area contributed by atoms with Gasteiger partial charge in [-0.3, -0.25) is 4.98 Å². The van der Waals surface area contributed by atoms with Gasteiger partial charge in [0, 0.05) is 24.3 Å². The molecule has 2 heterocycles. The molecule has 3 rings (SSSR count). The van der Waals surface area contributed by atoms with E-state index < -0.39 is 0 Å². The van der Waals surface area contributed by atoms with Crippen molar-refractivity contribution >= 4 is 10.8 Å². The molecule has 1 saturated heterocycles. The minimum atomic E-state index is 0.146. The van der Waals surface area contributed by atoms with Crippen LogP contribution in [0.2, 0.25) is 0 Å². The van der Waals surface area contributed by atoms with E-state index in [0.717, 1.165) is 13.2 Å². The maximum atomic E-state index is 5.46. The Hall–Kier alpha value is -1.45. The van der Waals surface area contributed by atoms with Gasteiger partial charge in [0.15, 0.2) is 0 Å². The molecule has 0 N–H and O–H groups in total. The lowest BCUT2D eigenvalue weighted by Crippen LogP contribution is -2.29. The molecule has 2 aromatic rings. The summed E-state index contributed by atoms with van der Waals surface area (Å²) >= 11 is 0. The molecule has 0 spiro atoms. The monoisotopic (exact) mass is 213 g/mol. The number of hydrogen-bond donors (Lipinski definition) is 0. The van der Waals surface area contributed by atoms with Crippen molar-refractivity contribution in [3.63, 3.8) is 0 Å². The summed E-state index contributed by atoms with van der Waals surface area (Å²) < 4.78 is 5.46. The first-order chi connectivity index (χ1) is 7.95. The Morgan fingerprint density at radius 2 is 2.12 bits per heavy atom. The summed E-state index contributed by atoms with van der Waals surface area (Å²) in [5, 5.41) is 6.99. The number of nitrogens with zero attached hydrogens (tertiary/aromatic N) is 2. The molecule has 1 aliphatic heterocycles. The fourth-order valence-electron chi connectivity index (χ4n) is 2.11. The van der Waals surface area contributed by atoms with Crippen molar-refractivity contribution in [2.75, 3.05) is 19.8 Å². The molecule has 3 nitrogen and oxygen atoms in total. The predicted octanol–water partition coefficient (Wildman–Crippen LogP) is 1.91. The second-order valence-electron chi connectivity index (χ2n) is 3.95. The van der Waals surface area contributed by atoms with Crippen LogP contribution in [0.5, 0.6) is 0 Å². The third-order valence-corrected chi connectivity index (χ3v) is 2.92. The minimum absolute atomic E-state index is 0.146. The summed E-state index contributed by atoms with van der Waals surface area (Å²) in [7, 11) is 0. The van der Waals surface area contributed by atoms with Crippen LogP contribution in [0.1, 0.15) is 11.6 Å². The second-order valence-corrected chi connectivity index (χ2v) is 3.95. The molecule has 1 radical (unpaired) electrons. The van der Waals surface area contributed by atoms with Crippen LogP contribution in [-0.2, 0) is 4.74 Å². The molecular formula is C13H13N2O. The Morgan fingerprint density at radius 1 is 1.19 bits per heavy atom. The van der Waals surface area contributed by atoms with Crippen molar-refractivity contribution in [3.05, 3.63) is 42.2 Å². The van der Waals surface area contributed by atoms with Gasteiger partial charge in [0.1, 0.15) is 0 Å². The molecular weight excluding hydrogens is 200 g/mol. The quantitative estimate of drug-likeness (QED) is 0.725. The largest absolute Gasteiger partial charge is 0.378 e. The highest BCUT2D eigenvalue weighted by Crippen LogP contribution is 2.24. The first kappa shape index (κ1) is 9.75. The standard InChI is InChI=1S/C13H13N2O/c1-2-4-11-10(3-1)7-14-8-12(11)13-9-16-6-5-15-13/h1-4,7-8,13H,5-6,9H2. The Bertz CT molecular complexity index is 487. The van der Waals surface area contributed by atoms with Crippen LogP contribution < -0.4 is 5.32 Å². The van der Waals surface area contributed by atoms with Crippen LogP contribution in [-0.4, -0.2) is 24.7 Å². The molecule has 1 fully saturated rings. The summed E-state index contributed by atoms with van der Waals surface area (Å²) in [6, 6.07) is 8.43. The summed E-state index contributed by atoms with van der Waals surface area (Å²) in [6.45, 7) is 2.21. The minimum Gasteiger partial charge on any atom is -0.378 e. The second kappa shape index (κ2) is 4.20. The van der Waals surface area contributed by atoms with Gasteiger partial charge in [-0.25, -0.2) is 5.32 Å². The average Bonchev–Trinajstić information content (AvgIpc) is 2.39. The number of ether oxygens (including phenoxy) is 1. The Labute approximate surface area is 94.5 Å². The Balaban J connectivity index is 2.08. The van der Waals surface area contributed by atoms with Crippen molar-refractivity contribution in [3.8, 4) is 0 Å². The van der Waals surface area contributed by atoms with E-state index in [-0.39, 0.29) is 6.04 Å². The van der Waals surface area contributed by atoms with Gasteiger partial charge in [-0.2, -0.15) is 0 Å². The van der Waals surface area contributed by atoms with Crippen LogP contribution >= 0.6 is 0 Å². The smallest absolute Gasteiger partial charge is 0.0751 e. The highest BCUT2D eigenvalue weighted by atomic mass is 16.5. The molecule has 1 aromatic heterocycles. The lowest BCUT2D eigenvalue weighted by atomic mass is 10.0. The average molecular weight is 213 g/mol. The topological polar surface area (TPSA) is 36.2 Å². The normalized spacial score (nSPS) is 21.1. The maximum Gasteiger partial charge on any atom is 0.0751 e. The lowest BCUT2D eigenvalue weighted by Gasteiger charge is -2.23. The molecule has 0 aliphatic carbocycles. The van der Waals surface area contributed by atoms with Crippen molar-refractivity contribution in [1.82, 2.24) is 10.3 Å². The maximum absolute atomic E-state index is 5.46. The Morgan fingerprint density at radius 3 is 3.00 bits per heavy atom. The predicted molar refractivity (Wildman–Crippen MR) is 62.3 cm³/mol. The SMILES string of the molecule is c1ccc2c(C3COCC[N]3)cncc2c1. The molecule has 1 aromatic carbocycles. The van der Waals surface area contributed by atoms with Crippen LogP contribution in [0.15, 0.2) is 36.7 Å². The van der Waals surface area contributed by atoms with E-state index in [1.165, 1.54) is 16.3 Å². The van der Waals surface area contributed by atoms with Gasteiger partial charge < -0.3 is 4.74 Å². The van der Waals surface area contributed by atoms with Crippen LogP contribution in [0.25, 0.3) is 10.8 Å². The molecule has 81 valence electrons. The van der Waals surface area contributed by atoms with Gasteiger partial charge in [-0.05, 0) is 10.9 Å². The van der Waals surface area contributed by atoms with Crippen molar-refractivity contribution in [2.24, 2.45) is 0 Å². The third kappa shape index (κ3) is 1.68. The zero-order chi connectivity index (χ0) is 10.8. The summed E-state index contributed by atoms with van der Waals surface area (Å²) in [4.78, 5) is 4.27. The van der Waals surface area contributed by atoms with Gasteiger partial charge >= 0.3 is 0 Å². The summed E-state index contributed by atoms with van der Waals surface area (Å²) in [5.74, 6) is 0.